The Kier molecular flexibility index (Phi) is 4.79. The smallest absolute Gasteiger partial charge is 0.0385 e. The van der Waals surface area contributed by atoms with Gasteiger partial charge in [-0.2, -0.15) is 0 Å². The van der Waals surface area contributed by atoms with E-state index in [1.165, 1.54) is 55.2 Å². The van der Waals surface area contributed by atoms with Crippen LogP contribution in [0.15, 0.2) is 28.7 Å². The molecule has 3 rings (SSSR count). The van der Waals surface area contributed by atoms with E-state index in [1.807, 2.05) is 0 Å². The van der Waals surface area contributed by atoms with Crippen LogP contribution in [0.25, 0.3) is 0 Å². The number of halogens is 1. The summed E-state index contributed by atoms with van der Waals surface area (Å²) >= 11 is 3.55. The molecule has 1 N–H and O–H groups in total. The molecule has 1 aromatic rings. The summed E-state index contributed by atoms with van der Waals surface area (Å²) in [7, 11) is 2.29. The summed E-state index contributed by atoms with van der Waals surface area (Å²) in [5.74, 6) is 0.740. The van der Waals surface area contributed by atoms with Crippen molar-refractivity contribution in [1.82, 2.24) is 10.2 Å². The lowest BCUT2D eigenvalue weighted by Crippen LogP contribution is -2.35. The van der Waals surface area contributed by atoms with Crippen LogP contribution < -0.4 is 5.32 Å². The Morgan fingerprint density at radius 1 is 1.15 bits per heavy atom. The molecule has 0 spiro atoms. The lowest BCUT2D eigenvalue weighted by Gasteiger charge is -2.33. The van der Waals surface area contributed by atoms with Crippen LogP contribution in [0.4, 0.5) is 0 Å². The maximum atomic E-state index is 3.75. The van der Waals surface area contributed by atoms with E-state index in [0.29, 0.717) is 6.04 Å². The Labute approximate surface area is 131 Å². The highest BCUT2D eigenvalue weighted by atomic mass is 79.9. The lowest BCUT2D eigenvalue weighted by atomic mass is 9.89. The number of rotatable bonds is 4. The van der Waals surface area contributed by atoms with Gasteiger partial charge in [-0.15, -0.1) is 0 Å². The van der Waals surface area contributed by atoms with Crippen LogP contribution in [0.5, 0.6) is 0 Å². The molecule has 20 heavy (non-hydrogen) atoms. The molecule has 2 nitrogen and oxygen atoms in total. The van der Waals surface area contributed by atoms with Crippen molar-refractivity contribution in [2.24, 2.45) is 5.92 Å². The van der Waals surface area contributed by atoms with E-state index in [0.717, 1.165) is 12.0 Å². The molecule has 1 saturated carbocycles. The molecule has 0 radical (unpaired) electrons. The molecule has 1 heterocycles. The van der Waals surface area contributed by atoms with E-state index in [9.17, 15) is 0 Å². The number of nitrogens with zero attached hydrogens (tertiary/aromatic N) is 1. The van der Waals surface area contributed by atoms with Crippen LogP contribution in [0.3, 0.4) is 0 Å². The Bertz CT molecular complexity index is 427. The molecule has 1 saturated heterocycles. The number of hydrogen-bond acceptors (Lipinski definition) is 2. The predicted octanol–water partition coefficient (Wildman–Crippen LogP) is 3.97. The molecule has 1 aromatic carbocycles. The first-order valence-electron chi connectivity index (χ1n) is 7.93. The molecule has 2 aliphatic rings. The summed E-state index contributed by atoms with van der Waals surface area (Å²) in [5, 5.41) is 3.75. The number of likely N-dealkylation sites (tertiary alicyclic amines) is 1. The quantitative estimate of drug-likeness (QED) is 0.894. The van der Waals surface area contributed by atoms with Gasteiger partial charge < -0.3 is 5.32 Å². The minimum atomic E-state index is 0.567. The largest absolute Gasteiger partial charge is 0.314 e. The van der Waals surface area contributed by atoms with Gasteiger partial charge in [0.25, 0.3) is 0 Å². The van der Waals surface area contributed by atoms with E-state index in [-0.39, 0.29) is 0 Å². The first-order chi connectivity index (χ1) is 9.74. The van der Waals surface area contributed by atoms with Gasteiger partial charge in [-0.05, 0) is 62.9 Å². The summed E-state index contributed by atoms with van der Waals surface area (Å²) in [6.45, 7) is 2.40. The molecule has 1 aliphatic carbocycles. The molecule has 3 heteroatoms. The zero-order valence-corrected chi connectivity index (χ0v) is 13.9. The molecule has 2 fully saturated rings. The molecule has 1 aliphatic heterocycles. The molecule has 2 atom stereocenters. The van der Waals surface area contributed by atoms with Crippen LogP contribution >= 0.6 is 15.9 Å². The second-order valence-electron chi connectivity index (χ2n) is 6.42. The normalized spacial score (nSPS) is 28.3. The van der Waals surface area contributed by atoms with E-state index in [4.69, 9.17) is 0 Å². The Hall–Kier alpha value is -0.380. The van der Waals surface area contributed by atoms with Crippen molar-refractivity contribution in [2.75, 3.05) is 20.1 Å². The zero-order valence-electron chi connectivity index (χ0n) is 12.3. The summed E-state index contributed by atoms with van der Waals surface area (Å²) in [4.78, 5) is 2.56. The SMILES string of the molecule is CN1CCCCC(CNC2CC2)C1c1ccc(Br)cc1. The van der Waals surface area contributed by atoms with E-state index in [2.05, 4.69) is 57.5 Å². The zero-order chi connectivity index (χ0) is 13.9. The Balaban J connectivity index is 1.77. The van der Waals surface area contributed by atoms with Gasteiger partial charge in [0.2, 0.25) is 0 Å². The summed E-state index contributed by atoms with van der Waals surface area (Å²) in [5.41, 5.74) is 1.47. The van der Waals surface area contributed by atoms with Gasteiger partial charge in [0.1, 0.15) is 0 Å². The standard InChI is InChI=1S/C17H25BrN2/c1-20-11-3-2-4-14(12-19-16-9-10-16)17(20)13-5-7-15(18)8-6-13/h5-8,14,16-17,19H,2-4,9-12H2,1H3. The van der Waals surface area contributed by atoms with Crippen LogP contribution in [0, 0.1) is 5.92 Å². The summed E-state index contributed by atoms with van der Waals surface area (Å²) in [6.07, 6.45) is 6.82. The Morgan fingerprint density at radius 2 is 1.90 bits per heavy atom. The average Bonchev–Trinajstić information content (AvgIpc) is 3.26. The molecule has 2 unspecified atom stereocenters. The van der Waals surface area contributed by atoms with Crippen molar-refractivity contribution in [3.8, 4) is 0 Å². The number of hydrogen-bond donors (Lipinski definition) is 1. The minimum absolute atomic E-state index is 0.567. The van der Waals surface area contributed by atoms with Crippen molar-refractivity contribution < 1.29 is 0 Å². The highest BCUT2D eigenvalue weighted by molar-refractivity contribution is 9.10. The van der Waals surface area contributed by atoms with Crippen LogP contribution in [0.1, 0.15) is 43.7 Å². The van der Waals surface area contributed by atoms with E-state index < -0.39 is 0 Å². The minimum Gasteiger partial charge on any atom is -0.314 e. The number of nitrogens with one attached hydrogen (secondary N) is 1. The van der Waals surface area contributed by atoms with Crippen LogP contribution in [0.2, 0.25) is 0 Å². The average molecular weight is 337 g/mol. The van der Waals surface area contributed by atoms with Crippen molar-refractivity contribution in [2.45, 2.75) is 44.2 Å². The Morgan fingerprint density at radius 3 is 2.60 bits per heavy atom. The molecule has 110 valence electrons. The van der Waals surface area contributed by atoms with Gasteiger partial charge >= 0.3 is 0 Å². The predicted molar refractivity (Wildman–Crippen MR) is 87.9 cm³/mol. The molecule has 0 aromatic heterocycles. The van der Waals surface area contributed by atoms with Crippen molar-refractivity contribution in [3.05, 3.63) is 34.3 Å². The van der Waals surface area contributed by atoms with Crippen molar-refractivity contribution in [1.29, 1.82) is 0 Å². The third-order valence-corrected chi connectivity index (χ3v) is 5.24. The summed E-state index contributed by atoms with van der Waals surface area (Å²) in [6, 6.07) is 10.3. The first kappa shape index (κ1) is 14.6. The number of benzene rings is 1. The van der Waals surface area contributed by atoms with Gasteiger partial charge in [-0.1, -0.05) is 34.5 Å². The van der Waals surface area contributed by atoms with Gasteiger partial charge in [0, 0.05) is 23.1 Å². The van der Waals surface area contributed by atoms with Gasteiger partial charge in [0.15, 0.2) is 0 Å². The maximum Gasteiger partial charge on any atom is 0.0385 e. The molecule has 0 amide bonds. The second-order valence-corrected chi connectivity index (χ2v) is 7.33. The topological polar surface area (TPSA) is 15.3 Å². The second kappa shape index (κ2) is 6.59. The van der Waals surface area contributed by atoms with Gasteiger partial charge in [-0.3, -0.25) is 4.90 Å². The van der Waals surface area contributed by atoms with Crippen LogP contribution in [-0.2, 0) is 0 Å². The highest BCUT2D eigenvalue weighted by Gasteiger charge is 2.30. The highest BCUT2D eigenvalue weighted by Crippen LogP contribution is 2.35. The fourth-order valence-corrected chi connectivity index (χ4v) is 3.69. The monoisotopic (exact) mass is 336 g/mol. The third-order valence-electron chi connectivity index (χ3n) is 4.71. The van der Waals surface area contributed by atoms with Gasteiger partial charge in [-0.25, -0.2) is 0 Å². The maximum absolute atomic E-state index is 3.75. The lowest BCUT2D eigenvalue weighted by molar-refractivity contribution is 0.189. The fourth-order valence-electron chi connectivity index (χ4n) is 3.43. The third kappa shape index (κ3) is 3.63. The van der Waals surface area contributed by atoms with Crippen molar-refractivity contribution >= 4 is 15.9 Å². The van der Waals surface area contributed by atoms with Gasteiger partial charge in [0.05, 0.1) is 0 Å². The van der Waals surface area contributed by atoms with E-state index in [1.54, 1.807) is 0 Å². The first-order valence-corrected chi connectivity index (χ1v) is 8.72. The van der Waals surface area contributed by atoms with Crippen LogP contribution in [-0.4, -0.2) is 31.1 Å². The summed E-state index contributed by atoms with van der Waals surface area (Å²) < 4.78 is 1.17. The van der Waals surface area contributed by atoms with Crippen molar-refractivity contribution in [3.63, 3.8) is 0 Å². The fraction of sp³-hybridized carbons (Fsp3) is 0.647. The molecule has 0 bridgehead atoms. The molecular weight excluding hydrogens is 312 g/mol. The van der Waals surface area contributed by atoms with E-state index >= 15 is 0 Å². The molecular formula is C17H25BrN2.